The SMILES string of the molecule is CCC(O)(c1ccccc1F)C1CCCC(C)C1. The Kier molecular flexibility index (Phi) is 4.06. The number of hydrogen-bond donors (Lipinski definition) is 1. The van der Waals surface area contributed by atoms with Crippen molar-refractivity contribution in [3.63, 3.8) is 0 Å². The van der Waals surface area contributed by atoms with Crippen molar-refractivity contribution in [2.24, 2.45) is 11.8 Å². The molecule has 3 unspecified atom stereocenters. The number of halogens is 1. The van der Waals surface area contributed by atoms with E-state index in [0.717, 1.165) is 19.3 Å². The van der Waals surface area contributed by atoms with Crippen molar-refractivity contribution in [1.29, 1.82) is 0 Å². The molecular formula is C16H23FO. The first-order valence-corrected chi connectivity index (χ1v) is 7.05. The van der Waals surface area contributed by atoms with E-state index in [2.05, 4.69) is 6.92 Å². The topological polar surface area (TPSA) is 20.2 Å². The summed E-state index contributed by atoms with van der Waals surface area (Å²) in [5.41, 5.74) is -0.522. The molecule has 0 aromatic heterocycles. The van der Waals surface area contributed by atoms with Crippen LogP contribution in [-0.2, 0) is 5.60 Å². The van der Waals surface area contributed by atoms with Crippen LogP contribution < -0.4 is 0 Å². The van der Waals surface area contributed by atoms with Gasteiger partial charge in [-0.2, -0.15) is 0 Å². The van der Waals surface area contributed by atoms with E-state index in [4.69, 9.17) is 0 Å². The molecule has 0 amide bonds. The summed E-state index contributed by atoms with van der Waals surface area (Å²) in [6.45, 7) is 4.18. The van der Waals surface area contributed by atoms with E-state index in [0.29, 0.717) is 17.9 Å². The molecule has 0 bridgehead atoms. The highest BCUT2D eigenvalue weighted by Gasteiger charge is 2.40. The van der Waals surface area contributed by atoms with Gasteiger partial charge in [0.15, 0.2) is 0 Å². The molecule has 1 aliphatic rings. The lowest BCUT2D eigenvalue weighted by Crippen LogP contribution is -2.38. The highest BCUT2D eigenvalue weighted by atomic mass is 19.1. The molecule has 1 saturated carbocycles. The highest BCUT2D eigenvalue weighted by molar-refractivity contribution is 5.25. The van der Waals surface area contributed by atoms with E-state index in [9.17, 15) is 9.50 Å². The van der Waals surface area contributed by atoms with Gasteiger partial charge in [-0.1, -0.05) is 44.9 Å². The van der Waals surface area contributed by atoms with Gasteiger partial charge in [0.1, 0.15) is 5.82 Å². The van der Waals surface area contributed by atoms with Crippen molar-refractivity contribution in [2.45, 2.75) is 51.6 Å². The van der Waals surface area contributed by atoms with E-state index >= 15 is 0 Å². The monoisotopic (exact) mass is 250 g/mol. The molecule has 2 heteroatoms. The number of benzene rings is 1. The normalized spacial score (nSPS) is 27.8. The van der Waals surface area contributed by atoms with Crippen LogP contribution in [0.4, 0.5) is 4.39 Å². The summed E-state index contributed by atoms with van der Waals surface area (Å²) in [7, 11) is 0. The van der Waals surface area contributed by atoms with E-state index in [-0.39, 0.29) is 11.7 Å². The zero-order valence-corrected chi connectivity index (χ0v) is 11.3. The van der Waals surface area contributed by atoms with Gasteiger partial charge in [0.25, 0.3) is 0 Å². The lowest BCUT2D eigenvalue weighted by molar-refractivity contribution is -0.0517. The lowest BCUT2D eigenvalue weighted by atomic mass is 9.69. The van der Waals surface area contributed by atoms with Gasteiger partial charge in [0.2, 0.25) is 0 Å². The fraction of sp³-hybridized carbons (Fsp3) is 0.625. The van der Waals surface area contributed by atoms with Crippen molar-refractivity contribution < 1.29 is 9.50 Å². The predicted molar refractivity (Wildman–Crippen MR) is 71.7 cm³/mol. The van der Waals surface area contributed by atoms with E-state index in [1.807, 2.05) is 13.0 Å². The van der Waals surface area contributed by atoms with Crippen LogP contribution >= 0.6 is 0 Å². The molecule has 1 N–H and O–H groups in total. The Morgan fingerprint density at radius 1 is 1.33 bits per heavy atom. The summed E-state index contributed by atoms with van der Waals surface area (Å²) >= 11 is 0. The molecule has 0 saturated heterocycles. The molecule has 1 fully saturated rings. The Hall–Kier alpha value is -0.890. The van der Waals surface area contributed by atoms with Crippen molar-refractivity contribution >= 4 is 0 Å². The Bertz CT molecular complexity index is 404. The Morgan fingerprint density at radius 2 is 2.06 bits per heavy atom. The Morgan fingerprint density at radius 3 is 2.67 bits per heavy atom. The van der Waals surface area contributed by atoms with Crippen LogP contribution in [0.2, 0.25) is 0 Å². The summed E-state index contributed by atoms with van der Waals surface area (Å²) in [6, 6.07) is 6.67. The molecule has 18 heavy (non-hydrogen) atoms. The maximum absolute atomic E-state index is 14.0. The molecule has 0 radical (unpaired) electrons. The summed E-state index contributed by atoms with van der Waals surface area (Å²) in [5.74, 6) is 0.539. The molecule has 1 aliphatic carbocycles. The quantitative estimate of drug-likeness (QED) is 0.850. The zero-order valence-electron chi connectivity index (χ0n) is 11.3. The van der Waals surface area contributed by atoms with Crippen LogP contribution in [0.5, 0.6) is 0 Å². The van der Waals surface area contributed by atoms with Gasteiger partial charge in [-0.25, -0.2) is 4.39 Å². The standard InChI is InChI=1S/C16H23FO/c1-3-16(18,13-8-6-7-12(2)11-13)14-9-4-5-10-15(14)17/h4-5,9-10,12-13,18H,3,6-8,11H2,1-2H3. The van der Waals surface area contributed by atoms with Crippen LogP contribution in [0.25, 0.3) is 0 Å². The van der Waals surface area contributed by atoms with Crippen LogP contribution in [0, 0.1) is 17.7 Å². The first-order chi connectivity index (χ1) is 8.58. The van der Waals surface area contributed by atoms with E-state index in [1.54, 1.807) is 12.1 Å². The number of aliphatic hydroxyl groups is 1. The van der Waals surface area contributed by atoms with Crippen LogP contribution in [0.3, 0.4) is 0 Å². The molecule has 1 aromatic rings. The molecule has 1 nitrogen and oxygen atoms in total. The minimum atomic E-state index is -1.000. The molecule has 3 atom stereocenters. The maximum Gasteiger partial charge on any atom is 0.129 e. The number of hydrogen-bond acceptors (Lipinski definition) is 1. The van der Waals surface area contributed by atoms with Crippen molar-refractivity contribution in [1.82, 2.24) is 0 Å². The second kappa shape index (κ2) is 5.40. The third kappa shape index (κ3) is 2.44. The molecule has 100 valence electrons. The van der Waals surface area contributed by atoms with Crippen LogP contribution in [0.15, 0.2) is 24.3 Å². The molecule has 0 aliphatic heterocycles. The second-order valence-electron chi connectivity index (χ2n) is 5.73. The van der Waals surface area contributed by atoms with Gasteiger partial charge >= 0.3 is 0 Å². The fourth-order valence-corrected chi connectivity index (χ4v) is 3.38. The van der Waals surface area contributed by atoms with Crippen molar-refractivity contribution in [3.05, 3.63) is 35.6 Å². The summed E-state index contributed by atoms with van der Waals surface area (Å²) < 4.78 is 14.0. The molecule has 0 heterocycles. The molecule has 1 aromatic carbocycles. The van der Waals surface area contributed by atoms with Crippen molar-refractivity contribution in [2.75, 3.05) is 0 Å². The average Bonchev–Trinajstić information content (AvgIpc) is 2.38. The van der Waals surface area contributed by atoms with Gasteiger partial charge in [0.05, 0.1) is 5.60 Å². The molecular weight excluding hydrogens is 227 g/mol. The van der Waals surface area contributed by atoms with Crippen molar-refractivity contribution in [3.8, 4) is 0 Å². The molecule has 2 rings (SSSR count). The van der Waals surface area contributed by atoms with Gasteiger partial charge in [-0.05, 0) is 37.2 Å². The van der Waals surface area contributed by atoms with Crippen LogP contribution in [0.1, 0.15) is 51.5 Å². The molecule has 0 spiro atoms. The zero-order chi connectivity index (χ0) is 13.2. The summed E-state index contributed by atoms with van der Waals surface area (Å²) in [4.78, 5) is 0. The predicted octanol–water partition coefficient (Wildman–Crippen LogP) is 4.25. The number of rotatable bonds is 3. The smallest absolute Gasteiger partial charge is 0.129 e. The first-order valence-electron chi connectivity index (χ1n) is 7.05. The third-order valence-electron chi connectivity index (χ3n) is 4.49. The van der Waals surface area contributed by atoms with Gasteiger partial charge < -0.3 is 5.11 Å². The first kappa shape index (κ1) is 13.5. The lowest BCUT2D eigenvalue weighted by Gasteiger charge is -2.40. The summed E-state index contributed by atoms with van der Waals surface area (Å²) in [6.07, 6.45) is 4.95. The fourth-order valence-electron chi connectivity index (χ4n) is 3.38. The van der Waals surface area contributed by atoms with E-state index in [1.165, 1.54) is 12.5 Å². The van der Waals surface area contributed by atoms with E-state index < -0.39 is 5.60 Å². The maximum atomic E-state index is 14.0. The van der Waals surface area contributed by atoms with Crippen LogP contribution in [-0.4, -0.2) is 5.11 Å². The second-order valence-corrected chi connectivity index (χ2v) is 5.73. The minimum absolute atomic E-state index is 0.183. The van der Waals surface area contributed by atoms with Gasteiger partial charge in [-0.3, -0.25) is 0 Å². The highest BCUT2D eigenvalue weighted by Crippen LogP contribution is 2.43. The largest absolute Gasteiger partial charge is 0.385 e. The third-order valence-corrected chi connectivity index (χ3v) is 4.49. The van der Waals surface area contributed by atoms with Gasteiger partial charge in [-0.15, -0.1) is 0 Å². The summed E-state index contributed by atoms with van der Waals surface area (Å²) in [5, 5.41) is 11.0. The Labute approximate surface area is 109 Å². The Balaban J connectivity index is 2.32. The average molecular weight is 250 g/mol. The minimum Gasteiger partial charge on any atom is -0.385 e. The van der Waals surface area contributed by atoms with Gasteiger partial charge in [0, 0.05) is 5.56 Å².